The summed E-state index contributed by atoms with van der Waals surface area (Å²) in [4.78, 5) is 12.9. The Hall–Kier alpha value is -2.88. The molecular weight excluding hydrogens is 444 g/mol. The lowest BCUT2D eigenvalue weighted by Crippen LogP contribution is -2.40. The maximum atomic E-state index is 12.7. The first-order chi connectivity index (χ1) is 16.0. The van der Waals surface area contributed by atoms with Gasteiger partial charge in [0.2, 0.25) is 16.8 Å². The Balaban J connectivity index is 1.24. The SMILES string of the molecule is O=C(C=C1NCCc2cc3c(cc21)OCO3)CCc1ccc(S(=O)(=O)N2CCOCC2)cc1. The van der Waals surface area contributed by atoms with Crippen LogP contribution in [0.1, 0.15) is 23.1 Å². The van der Waals surface area contributed by atoms with Gasteiger partial charge in [0.05, 0.1) is 18.1 Å². The number of sulfonamides is 1. The summed E-state index contributed by atoms with van der Waals surface area (Å²) in [5.74, 6) is 1.45. The van der Waals surface area contributed by atoms with Crippen molar-refractivity contribution in [3.63, 3.8) is 0 Å². The van der Waals surface area contributed by atoms with Gasteiger partial charge in [0.15, 0.2) is 17.3 Å². The first-order valence-electron chi connectivity index (χ1n) is 11.1. The van der Waals surface area contributed by atoms with Crippen molar-refractivity contribution in [3.8, 4) is 11.5 Å². The molecule has 3 heterocycles. The number of rotatable bonds is 6. The highest BCUT2D eigenvalue weighted by Crippen LogP contribution is 2.38. The minimum absolute atomic E-state index is 0.00744. The Morgan fingerprint density at radius 3 is 2.55 bits per heavy atom. The van der Waals surface area contributed by atoms with Crippen LogP contribution in [0.15, 0.2) is 47.4 Å². The highest BCUT2D eigenvalue weighted by molar-refractivity contribution is 7.89. The van der Waals surface area contributed by atoms with E-state index in [2.05, 4.69) is 5.32 Å². The molecule has 0 saturated carbocycles. The van der Waals surface area contributed by atoms with Crippen molar-refractivity contribution in [2.45, 2.75) is 24.2 Å². The first-order valence-corrected chi connectivity index (χ1v) is 12.5. The van der Waals surface area contributed by atoms with Crippen LogP contribution in [0.2, 0.25) is 0 Å². The van der Waals surface area contributed by atoms with Gasteiger partial charge in [-0.3, -0.25) is 4.79 Å². The van der Waals surface area contributed by atoms with Crippen LogP contribution >= 0.6 is 0 Å². The van der Waals surface area contributed by atoms with Crippen molar-refractivity contribution in [3.05, 3.63) is 59.2 Å². The van der Waals surface area contributed by atoms with Gasteiger partial charge >= 0.3 is 0 Å². The number of benzene rings is 2. The molecule has 0 amide bonds. The number of carbonyl (C=O) groups excluding carboxylic acids is 1. The Morgan fingerprint density at radius 2 is 1.79 bits per heavy atom. The van der Waals surface area contributed by atoms with Gasteiger partial charge in [-0.25, -0.2) is 8.42 Å². The quantitative estimate of drug-likeness (QED) is 0.647. The van der Waals surface area contributed by atoms with Crippen LogP contribution in [0.25, 0.3) is 5.70 Å². The zero-order valence-corrected chi connectivity index (χ0v) is 19.0. The van der Waals surface area contributed by atoms with E-state index in [1.807, 2.05) is 12.1 Å². The third kappa shape index (κ3) is 4.62. The normalized spacial score (nSPS) is 19.2. The molecule has 33 heavy (non-hydrogen) atoms. The predicted octanol–water partition coefficient (Wildman–Crippen LogP) is 2.12. The Kier molecular flexibility index (Phi) is 6.09. The van der Waals surface area contributed by atoms with Gasteiger partial charge < -0.3 is 19.5 Å². The third-order valence-electron chi connectivity index (χ3n) is 6.09. The molecular formula is C24H26N2O6S. The van der Waals surface area contributed by atoms with Gasteiger partial charge in [-0.1, -0.05) is 12.1 Å². The summed E-state index contributed by atoms with van der Waals surface area (Å²) in [6, 6.07) is 10.7. The fourth-order valence-electron chi connectivity index (χ4n) is 4.26. The topological polar surface area (TPSA) is 94.2 Å². The van der Waals surface area contributed by atoms with E-state index in [9.17, 15) is 13.2 Å². The van der Waals surface area contributed by atoms with Crippen LogP contribution in [-0.2, 0) is 32.4 Å². The summed E-state index contributed by atoms with van der Waals surface area (Å²) in [5, 5.41) is 3.31. The highest BCUT2D eigenvalue weighted by Gasteiger charge is 2.26. The number of aryl methyl sites for hydroxylation is 1. The molecule has 3 aliphatic heterocycles. The molecule has 0 aromatic heterocycles. The predicted molar refractivity (Wildman–Crippen MR) is 122 cm³/mol. The van der Waals surface area contributed by atoms with Crippen LogP contribution in [0.5, 0.6) is 11.5 Å². The van der Waals surface area contributed by atoms with Gasteiger partial charge in [0.1, 0.15) is 0 Å². The zero-order valence-electron chi connectivity index (χ0n) is 18.2. The van der Waals surface area contributed by atoms with E-state index in [-0.39, 0.29) is 17.5 Å². The van der Waals surface area contributed by atoms with Crippen LogP contribution in [0.3, 0.4) is 0 Å². The van der Waals surface area contributed by atoms with E-state index in [0.717, 1.165) is 41.1 Å². The molecule has 3 aliphatic rings. The van der Waals surface area contributed by atoms with Crippen molar-refractivity contribution < 1.29 is 27.4 Å². The van der Waals surface area contributed by atoms with Crippen LogP contribution in [-0.4, -0.2) is 58.1 Å². The first kappa shape index (κ1) is 21.9. The largest absolute Gasteiger partial charge is 0.454 e. The Bertz CT molecular complexity index is 1180. The molecule has 2 aromatic carbocycles. The molecule has 0 atom stereocenters. The van der Waals surface area contributed by atoms with Crippen LogP contribution in [0, 0.1) is 0 Å². The smallest absolute Gasteiger partial charge is 0.243 e. The molecule has 1 saturated heterocycles. The summed E-state index contributed by atoms with van der Waals surface area (Å²) < 4.78 is 43.1. The monoisotopic (exact) mass is 470 g/mol. The minimum Gasteiger partial charge on any atom is -0.454 e. The maximum absolute atomic E-state index is 12.7. The van der Waals surface area contributed by atoms with E-state index in [4.69, 9.17) is 14.2 Å². The Labute approximate surface area is 193 Å². The molecule has 1 fully saturated rings. The molecule has 174 valence electrons. The molecule has 2 aromatic rings. The molecule has 0 aliphatic carbocycles. The fourth-order valence-corrected chi connectivity index (χ4v) is 5.67. The Morgan fingerprint density at radius 1 is 1.06 bits per heavy atom. The van der Waals surface area contributed by atoms with Crippen molar-refractivity contribution in [2.75, 3.05) is 39.6 Å². The van der Waals surface area contributed by atoms with Crippen molar-refractivity contribution in [2.24, 2.45) is 0 Å². The van der Waals surface area contributed by atoms with E-state index in [0.29, 0.717) is 44.9 Å². The van der Waals surface area contributed by atoms with E-state index in [1.165, 1.54) is 4.31 Å². The number of ketones is 1. The molecule has 1 N–H and O–H groups in total. The number of fused-ring (bicyclic) bond motifs is 2. The van der Waals surface area contributed by atoms with E-state index >= 15 is 0 Å². The summed E-state index contributed by atoms with van der Waals surface area (Å²) in [6.45, 7) is 2.54. The average molecular weight is 471 g/mol. The number of nitrogens with zero attached hydrogens (tertiary/aromatic N) is 1. The minimum atomic E-state index is -3.51. The summed E-state index contributed by atoms with van der Waals surface area (Å²) in [7, 11) is -3.51. The molecule has 0 radical (unpaired) electrons. The molecule has 0 unspecified atom stereocenters. The number of hydrogen-bond acceptors (Lipinski definition) is 7. The summed E-state index contributed by atoms with van der Waals surface area (Å²) >= 11 is 0. The fraction of sp³-hybridized carbons (Fsp3) is 0.375. The van der Waals surface area contributed by atoms with Gasteiger partial charge in [0, 0.05) is 43.4 Å². The molecule has 9 heteroatoms. The van der Waals surface area contributed by atoms with E-state index < -0.39 is 10.0 Å². The van der Waals surface area contributed by atoms with Crippen LogP contribution in [0.4, 0.5) is 0 Å². The maximum Gasteiger partial charge on any atom is 0.243 e. The molecule has 0 bridgehead atoms. The van der Waals surface area contributed by atoms with Gasteiger partial charge in [0.25, 0.3) is 0 Å². The molecule has 0 spiro atoms. The summed E-state index contributed by atoms with van der Waals surface area (Å²) in [6.07, 6.45) is 3.38. The summed E-state index contributed by atoms with van der Waals surface area (Å²) in [5.41, 5.74) is 3.82. The number of carbonyl (C=O) groups is 1. The number of nitrogens with one attached hydrogen (secondary N) is 1. The second kappa shape index (κ2) is 9.17. The molecule has 5 rings (SSSR count). The average Bonchev–Trinajstić information content (AvgIpc) is 3.30. The lowest BCUT2D eigenvalue weighted by molar-refractivity contribution is -0.114. The standard InChI is InChI=1S/C24H26N2O6S/c27-19(14-22-21-15-24-23(31-16-32-24)13-18(21)7-8-25-22)4-1-17-2-5-20(6-3-17)33(28,29)26-9-11-30-12-10-26/h2-3,5-6,13-15,25H,1,4,7-12,16H2. The molecule has 8 nitrogen and oxygen atoms in total. The van der Waals surface area contributed by atoms with Gasteiger partial charge in [-0.2, -0.15) is 4.31 Å². The van der Waals surface area contributed by atoms with Gasteiger partial charge in [-0.05, 0) is 48.2 Å². The number of morpholine rings is 1. The van der Waals surface area contributed by atoms with E-state index in [1.54, 1.807) is 30.3 Å². The second-order valence-corrected chi connectivity index (χ2v) is 10.2. The van der Waals surface area contributed by atoms with Crippen molar-refractivity contribution in [1.29, 1.82) is 0 Å². The number of ether oxygens (including phenoxy) is 3. The van der Waals surface area contributed by atoms with Crippen molar-refractivity contribution >= 4 is 21.5 Å². The van der Waals surface area contributed by atoms with Crippen molar-refractivity contribution in [1.82, 2.24) is 9.62 Å². The lowest BCUT2D eigenvalue weighted by atomic mass is 9.96. The third-order valence-corrected chi connectivity index (χ3v) is 8.01. The zero-order chi connectivity index (χ0) is 22.8. The van der Waals surface area contributed by atoms with Crippen LogP contribution < -0.4 is 14.8 Å². The highest BCUT2D eigenvalue weighted by atomic mass is 32.2. The number of hydrogen-bond donors (Lipinski definition) is 1. The van der Waals surface area contributed by atoms with Gasteiger partial charge in [-0.15, -0.1) is 0 Å². The number of allylic oxidation sites excluding steroid dienone is 1. The second-order valence-electron chi connectivity index (χ2n) is 8.22. The lowest BCUT2D eigenvalue weighted by Gasteiger charge is -2.26.